The van der Waals surface area contributed by atoms with Crippen LogP contribution in [0.25, 0.3) is 0 Å². The molecule has 0 aromatic carbocycles. The SMILES string of the molecule is COCC(NN)C1CCC(C)C(C)C1. The first kappa shape index (κ1) is 12.0. The van der Waals surface area contributed by atoms with E-state index in [0.717, 1.165) is 18.4 Å². The number of hydrogen-bond acceptors (Lipinski definition) is 3. The van der Waals surface area contributed by atoms with Crippen molar-refractivity contribution in [3.05, 3.63) is 0 Å². The minimum Gasteiger partial charge on any atom is -0.383 e. The van der Waals surface area contributed by atoms with Crippen LogP contribution in [0.2, 0.25) is 0 Å². The van der Waals surface area contributed by atoms with Gasteiger partial charge in [0, 0.05) is 13.2 Å². The number of nitrogens with two attached hydrogens (primary N) is 1. The summed E-state index contributed by atoms with van der Waals surface area (Å²) in [5.74, 6) is 7.91. The van der Waals surface area contributed by atoms with Crippen molar-refractivity contribution in [2.75, 3.05) is 13.7 Å². The lowest BCUT2D eigenvalue weighted by Crippen LogP contribution is -2.46. The van der Waals surface area contributed by atoms with Crippen LogP contribution in [0.15, 0.2) is 0 Å². The number of ether oxygens (including phenoxy) is 1. The number of methoxy groups -OCH3 is 1. The Kier molecular flexibility index (Phi) is 4.85. The maximum Gasteiger partial charge on any atom is 0.0632 e. The largest absolute Gasteiger partial charge is 0.383 e. The molecular formula is C11H24N2O. The number of hydrazine groups is 1. The summed E-state index contributed by atoms with van der Waals surface area (Å²) in [6.07, 6.45) is 3.89. The molecule has 0 aliphatic heterocycles. The summed E-state index contributed by atoms with van der Waals surface area (Å²) < 4.78 is 5.17. The first-order valence-corrected chi connectivity index (χ1v) is 5.64. The van der Waals surface area contributed by atoms with Gasteiger partial charge in [-0.3, -0.25) is 11.3 Å². The van der Waals surface area contributed by atoms with Gasteiger partial charge in [0.05, 0.1) is 6.61 Å². The molecule has 0 heterocycles. The van der Waals surface area contributed by atoms with E-state index in [9.17, 15) is 0 Å². The highest BCUT2D eigenvalue weighted by Gasteiger charge is 2.29. The third-order valence-corrected chi connectivity index (χ3v) is 3.77. The molecule has 14 heavy (non-hydrogen) atoms. The van der Waals surface area contributed by atoms with Crippen LogP contribution < -0.4 is 11.3 Å². The lowest BCUT2D eigenvalue weighted by Gasteiger charge is -2.36. The average molecular weight is 200 g/mol. The maximum absolute atomic E-state index is 5.54. The first-order valence-electron chi connectivity index (χ1n) is 5.64. The van der Waals surface area contributed by atoms with Gasteiger partial charge >= 0.3 is 0 Å². The Hall–Kier alpha value is -0.120. The fourth-order valence-electron chi connectivity index (χ4n) is 2.45. The normalized spacial score (nSPS) is 35.6. The van der Waals surface area contributed by atoms with Crippen molar-refractivity contribution in [2.24, 2.45) is 23.6 Å². The molecule has 1 saturated carbocycles. The van der Waals surface area contributed by atoms with Gasteiger partial charge < -0.3 is 4.74 Å². The quantitative estimate of drug-likeness (QED) is 0.534. The van der Waals surface area contributed by atoms with Crippen LogP contribution in [0, 0.1) is 17.8 Å². The van der Waals surface area contributed by atoms with E-state index in [1.165, 1.54) is 19.3 Å². The van der Waals surface area contributed by atoms with Crippen molar-refractivity contribution < 1.29 is 4.74 Å². The molecule has 1 aliphatic rings. The highest BCUT2D eigenvalue weighted by atomic mass is 16.5. The summed E-state index contributed by atoms with van der Waals surface area (Å²) in [6, 6.07) is 0.329. The Morgan fingerprint density at radius 1 is 1.36 bits per heavy atom. The molecule has 0 bridgehead atoms. The summed E-state index contributed by atoms with van der Waals surface area (Å²) in [4.78, 5) is 0. The zero-order valence-corrected chi connectivity index (χ0v) is 9.62. The summed E-state index contributed by atoms with van der Waals surface area (Å²) in [5.41, 5.74) is 2.88. The third kappa shape index (κ3) is 2.94. The number of rotatable bonds is 4. The van der Waals surface area contributed by atoms with Crippen molar-refractivity contribution in [2.45, 2.75) is 39.2 Å². The summed E-state index contributed by atoms with van der Waals surface area (Å²) in [7, 11) is 1.74. The monoisotopic (exact) mass is 200 g/mol. The molecule has 0 saturated heterocycles. The minimum atomic E-state index is 0.329. The molecule has 4 unspecified atom stereocenters. The van der Waals surface area contributed by atoms with E-state index in [1.54, 1.807) is 7.11 Å². The molecular weight excluding hydrogens is 176 g/mol. The van der Waals surface area contributed by atoms with Crippen LogP contribution in [-0.2, 0) is 4.74 Å². The van der Waals surface area contributed by atoms with E-state index in [1.807, 2.05) is 0 Å². The molecule has 1 rings (SSSR count). The molecule has 1 fully saturated rings. The topological polar surface area (TPSA) is 47.3 Å². The van der Waals surface area contributed by atoms with E-state index in [2.05, 4.69) is 19.3 Å². The third-order valence-electron chi connectivity index (χ3n) is 3.77. The highest BCUT2D eigenvalue weighted by Crippen LogP contribution is 2.34. The Morgan fingerprint density at radius 2 is 2.07 bits per heavy atom. The van der Waals surface area contributed by atoms with Crippen LogP contribution in [0.4, 0.5) is 0 Å². The smallest absolute Gasteiger partial charge is 0.0632 e. The van der Waals surface area contributed by atoms with Crippen LogP contribution >= 0.6 is 0 Å². The predicted molar refractivity (Wildman–Crippen MR) is 58.7 cm³/mol. The zero-order valence-electron chi connectivity index (χ0n) is 9.62. The van der Waals surface area contributed by atoms with Gasteiger partial charge in [0.1, 0.15) is 0 Å². The van der Waals surface area contributed by atoms with Crippen molar-refractivity contribution >= 4 is 0 Å². The van der Waals surface area contributed by atoms with Crippen molar-refractivity contribution in [1.82, 2.24) is 5.43 Å². The molecule has 1 aliphatic carbocycles. The van der Waals surface area contributed by atoms with Gasteiger partial charge in [0.15, 0.2) is 0 Å². The van der Waals surface area contributed by atoms with E-state index >= 15 is 0 Å². The Labute approximate surface area is 87.4 Å². The summed E-state index contributed by atoms with van der Waals surface area (Å²) in [5, 5.41) is 0. The van der Waals surface area contributed by atoms with Gasteiger partial charge in [-0.1, -0.05) is 20.3 Å². The summed E-state index contributed by atoms with van der Waals surface area (Å²) >= 11 is 0. The second-order valence-electron chi connectivity index (χ2n) is 4.76. The predicted octanol–water partition coefficient (Wildman–Crippen LogP) is 1.54. The van der Waals surface area contributed by atoms with Crippen molar-refractivity contribution in [3.63, 3.8) is 0 Å². The molecule has 3 N–H and O–H groups in total. The van der Waals surface area contributed by atoms with Gasteiger partial charge in [-0.05, 0) is 30.6 Å². The Balaban J connectivity index is 2.43. The molecule has 0 radical (unpaired) electrons. The van der Waals surface area contributed by atoms with Crippen molar-refractivity contribution in [1.29, 1.82) is 0 Å². The molecule has 4 atom stereocenters. The Morgan fingerprint density at radius 3 is 2.57 bits per heavy atom. The van der Waals surface area contributed by atoms with E-state index < -0.39 is 0 Å². The van der Waals surface area contributed by atoms with E-state index in [-0.39, 0.29) is 0 Å². The van der Waals surface area contributed by atoms with E-state index in [4.69, 9.17) is 10.6 Å². The fourth-order valence-corrected chi connectivity index (χ4v) is 2.45. The van der Waals surface area contributed by atoms with Crippen LogP contribution in [0.5, 0.6) is 0 Å². The number of nitrogens with one attached hydrogen (secondary N) is 1. The lowest BCUT2D eigenvalue weighted by atomic mass is 9.73. The average Bonchev–Trinajstić information content (AvgIpc) is 2.19. The van der Waals surface area contributed by atoms with Gasteiger partial charge in [-0.2, -0.15) is 0 Å². The first-order chi connectivity index (χ1) is 6.69. The van der Waals surface area contributed by atoms with Gasteiger partial charge in [-0.15, -0.1) is 0 Å². The van der Waals surface area contributed by atoms with Gasteiger partial charge in [0.2, 0.25) is 0 Å². The molecule has 84 valence electrons. The van der Waals surface area contributed by atoms with Crippen LogP contribution in [0.3, 0.4) is 0 Å². The minimum absolute atomic E-state index is 0.329. The lowest BCUT2D eigenvalue weighted by molar-refractivity contribution is 0.101. The van der Waals surface area contributed by atoms with Crippen LogP contribution in [-0.4, -0.2) is 19.8 Å². The molecule has 3 heteroatoms. The fraction of sp³-hybridized carbons (Fsp3) is 1.00. The van der Waals surface area contributed by atoms with E-state index in [0.29, 0.717) is 12.0 Å². The van der Waals surface area contributed by atoms with Gasteiger partial charge in [0.25, 0.3) is 0 Å². The molecule has 0 amide bonds. The highest BCUT2D eigenvalue weighted by molar-refractivity contribution is 4.82. The van der Waals surface area contributed by atoms with Crippen LogP contribution in [0.1, 0.15) is 33.1 Å². The molecule has 0 aromatic heterocycles. The molecule has 0 aromatic rings. The zero-order chi connectivity index (χ0) is 10.6. The number of hydrogen-bond donors (Lipinski definition) is 2. The molecule has 0 spiro atoms. The van der Waals surface area contributed by atoms with Gasteiger partial charge in [-0.25, -0.2) is 0 Å². The second kappa shape index (κ2) is 5.69. The maximum atomic E-state index is 5.54. The standard InChI is InChI=1S/C11H24N2O/c1-8-4-5-10(6-9(8)2)11(13-12)7-14-3/h8-11,13H,4-7,12H2,1-3H3. The summed E-state index contributed by atoms with van der Waals surface area (Å²) in [6.45, 7) is 5.42. The second-order valence-corrected chi connectivity index (χ2v) is 4.76. The van der Waals surface area contributed by atoms with Crippen molar-refractivity contribution in [3.8, 4) is 0 Å². The molecule has 3 nitrogen and oxygen atoms in total. The Bertz CT molecular complexity index is 163.